The number of ether oxygens (including phenoxy) is 4. The summed E-state index contributed by atoms with van der Waals surface area (Å²) in [7, 11) is 0. The van der Waals surface area contributed by atoms with Gasteiger partial charge in [0.25, 0.3) is 0 Å². The fraction of sp³-hybridized carbons (Fsp3) is 0.571. The molecule has 0 aromatic carbocycles. The molecule has 14 heteroatoms. The van der Waals surface area contributed by atoms with Crippen LogP contribution in [0.25, 0.3) is 0 Å². The second kappa shape index (κ2) is 46.5. The molecule has 0 radical (unpaired) electrons. The standard InChI is InChI=1S/C63H97NO13/c1-3-5-7-9-10-11-12-13-14-15-16-17-18-19-20-21-22-23-24-25-26-27-28-29-30-31-32-33-34-35-36-37-38-39-40-41-42-43-45-47-55(68)64-51(52(67)46-44-8-6-4-2)50-74-62-60(73)58(71)61(54(49-66)76-62)77-63-59(72)57(70)56(69)53(48-65)75-63/h5,7,10-11,13-14,16-17,19-20,22-23,25-26,28-29,31-32,34-35,37-38,40-41,44,46,51-54,56-63,65-67,69-73H,3-4,6,8-9,12,15,18,21,24,27,30,33,36,39,42-43,45,47-50H2,1-2H3,(H,64,68)/b7-5-,11-10-,14-13-,17-16-,20-19-,23-22-,26-25-,29-28-,32-31-,35-34-,38-37-,41-40-,46-44+. The van der Waals surface area contributed by atoms with E-state index >= 15 is 0 Å². The molecule has 77 heavy (non-hydrogen) atoms. The third-order valence-electron chi connectivity index (χ3n) is 12.5. The molecule has 2 fully saturated rings. The van der Waals surface area contributed by atoms with Crippen molar-refractivity contribution in [3.63, 3.8) is 0 Å². The van der Waals surface area contributed by atoms with Crippen LogP contribution in [0.5, 0.6) is 0 Å². The molecule has 0 aliphatic carbocycles. The van der Waals surface area contributed by atoms with Crippen LogP contribution in [0.15, 0.2) is 158 Å². The van der Waals surface area contributed by atoms with Gasteiger partial charge in [-0.3, -0.25) is 4.79 Å². The molecule has 1 amide bonds. The Bertz CT molecular complexity index is 1890. The Balaban J connectivity index is 1.59. The average molecular weight is 1080 g/mol. The minimum Gasteiger partial charge on any atom is -0.394 e. The third-order valence-corrected chi connectivity index (χ3v) is 12.5. The molecule has 0 aromatic heterocycles. The van der Waals surface area contributed by atoms with Gasteiger partial charge in [0.15, 0.2) is 12.6 Å². The highest BCUT2D eigenvalue weighted by molar-refractivity contribution is 5.76. The Labute approximate surface area is 461 Å². The predicted molar refractivity (Wildman–Crippen MR) is 308 cm³/mol. The summed E-state index contributed by atoms with van der Waals surface area (Å²) < 4.78 is 22.5. The third kappa shape index (κ3) is 32.3. The molecule has 14 nitrogen and oxygen atoms in total. The maximum Gasteiger partial charge on any atom is 0.220 e. The summed E-state index contributed by atoms with van der Waals surface area (Å²) in [6.07, 6.45) is 55.4. The van der Waals surface area contributed by atoms with Crippen molar-refractivity contribution in [2.75, 3.05) is 19.8 Å². The molecule has 2 saturated heterocycles. The number of unbranched alkanes of at least 4 members (excludes halogenated alkanes) is 4. The highest BCUT2D eigenvalue weighted by Crippen LogP contribution is 2.30. The van der Waals surface area contributed by atoms with Gasteiger partial charge in [-0.05, 0) is 103 Å². The molecule has 12 atom stereocenters. The van der Waals surface area contributed by atoms with Crippen LogP contribution in [-0.2, 0) is 23.7 Å². The zero-order chi connectivity index (χ0) is 56.0. The molecule has 432 valence electrons. The summed E-state index contributed by atoms with van der Waals surface area (Å²) in [5.74, 6) is -0.300. The summed E-state index contributed by atoms with van der Waals surface area (Å²) in [6.45, 7) is 2.43. The second-order valence-electron chi connectivity index (χ2n) is 19.0. The topological polar surface area (TPSA) is 228 Å². The van der Waals surface area contributed by atoms with E-state index in [9.17, 15) is 45.6 Å². The second-order valence-corrected chi connectivity index (χ2v) is 19.0. The summed E-state index contributed by atoms with van der Waals surface area (Å²) >= 11 is 0. The first kappa shape index (κ1) is 68.7. The van der Waals surface area contributed by atoms with Gasteiger partial charge in [-0.15, -0.1) is 0 Å². The molecule has 9 N–H and O–H groups in total. The normalized spacial score (nSPS) is 25.9. The van der Waals surface area contributed by atoms with Gasteiger partial charge in [-0.25, -0.2) is 0 Å². The Morgan fingerprint density at radius 1 is 0.481 bits per heavy atom. The van der Waals surface area contributed by atoms with Crippen molar-refractivity contribution >= 4 is 5.91 Å². The van der Waals surface area contributed by atoms with Crippen LogP contribution >= 0.6 is 0 Å². The van der Waals surface area contributed by atoms with Crippen molar-refractivity contribution in [1.82, 2.24) is 5.32 Å². The van der Waals surface area contributed by atoms with Crippen molar-refractivity contribution in [3.05, 3.63) is 158 Å². The lowest BCUT2D eigenvalue weighted by molar-refractivity contribution is -0.359. The molecular formula is C63H97NO13. The first-order valence-electron chi connectivity index (χ1n) is 28.2. The molecule has 0 saturated carbocycles. The molecule has 0 bridgehead atoms. The fourth-order valence-corrected chi connectivity index (χ4v) is 7.90. The number of hydrogen-bond acceptors (Lipinski definition) is 13. The van der Waals surface area contributed by atoms with Crippen LogP contribution in [0.4, 0.5) is 0 Å². The van der Waals surface area contributed by atoms with Crippen LogP contribution in [-0.4, -0.2) is 140 Å². The quantitative estimate of drug-likeness (QED) is 0.0206. The van der Waals surface area contributed by atoms with Crippen molar-refractivity contribution in [1.29, 1.82) is 0 Å². The minimum atomic E-state index is -1.80. The number of aliphatic hydroxyl groups excluding tert-OH is 8. The maximum atomic E-state index is 13.0. The molecule has 2 rings (SSSR count). The van der Waals surface area contributed by atoms with Crippen LogP contribution in [0.1, 0.15) is 136 Å². The molecule has 0 spiro atoms. The monoisotopic (exact) mass is 1080 g/mol. The first-order valence-corrected chi connectivity index (χ1v) is 28.2. The van der Waals surface area contributed by atoms with Crippen molar-refractivity contribution in [2.24, 2.45) is 0 Å². The number of carbonyl (C=O) groups is 1. The predicted octanol–water partition coefficient (Wildman–Crippen LogP) is 9.16. The van der Waals surface area contributed by atoms with Gasteiger partial charge >= 0.3 is 0 Å². The molecule has 0 aromatic rings. The van der Waals surface area contributed by atoms with Gasteiger partial charge in [-0.1, -0.05) is 185 Å². The van der Waals surface area contributed by atoms with Gasteiger partial charge in [-0.2, -0.15) is 0 Å². The van der Waals surface area contributed by atoms with Crippen molar-refractivity contribution in [3.8, 4) is 0 Å². The van der Waals surface area contributed by atoms with Gasteiger partial charge in [0, 0.05) is 6.42 Å². The van der Waals surface area contributed by atoms with Crippen LogP contribution in [0.2, 0.25) is 0 Å². The van der Waals surface area contributed by atoms with Crippen molar-refractivity contribution < 1.29 is 64.6 Å². The van der Waals surface area contributed by atoms with Gasteiger partial charge in [0.2, 0.25) is 5.91 Å². The fourth-order valence-electron chi connectivity index (χ4n) is 7.90. The number of amides is 1. The minimum absolute atomic E-state index is 0.212. The SMILES string of the molecule is CC/C=C\C/C=C\C/C=C\C/C=C\C/C=C\C/C=C\C/C=C\C/C=C\C/C=C\C/C=C\C/C=C\C/C=C\CCCCC(=O)NC(COC1OC(CO)C(OC2OC(CO)C(O)C(O)C2O)C(O)C1O)C(O)/C=C/CCCC. The van der Waals surface area contributed by atoms with Gasteiger partial charge < -0.3 is 65.1 Å². The van der Waals surface area contributed by atoms with Crippen LogP contribution in [0, 0.1) is 0 Å². The summed E-state index contributed by atoms with van der Waals surface area (Å²) in [6, 6.07) is -0.945. The lowest BCUT2D eigenvalue weighted by Crippen LogP contribution is -2.65. The Morgan fingerprint density at radius 2 is 0.883 bits per heavy atom. The Kier molecular flexibility index (Phi) is 41.5. The van der Waals surface area contributed by atoms with E-state index in [0.717, 1.165) is 109 Å². The first-order chi connectivity index (χ1) is 37.6. The molecule has 12 unspecified atom stereocenters. The number of carbonyl (C=O) groups excluding carboxylic acids is 1. The smallest absolute Gasteiger partial charge is 0.220 e. The highest BCUT2D eigenvalue weighted by atomic mass is 16.7. The highest BCUT2D eigenvalue weighted by Gasteiger charge is 2.51. The van der Waals surface area contributed by atoms with E-state index in [1.165, 1.54) is 0 Å². The van der Waals surface area contributed by atoms with E-state index < -0.39 is 86.8 Å². The molecular weight excluding hydrogens is 979 g/mol. The zero-order valence-electron chi connectivity index (χ0n) is 46.1. The van der Waals surface area contributed by atoms with E-state index in [0.29, 0.717) is 6.42 Å². The molecule has 2 aliphatic heterocycles. The van der Waals surface area contributed by atoms with E-state index in [1.807, 2.05) is 13.0 Å². The Hall–Kier alpha value is -4.39. The van der Waals surface area contributed by atoms with E-state index in [1.54, 1.807) is 6.08 Å². The lowest BCUT2D eigenvalue weighted by atomic mass is 9.97. The largest absolute Gasteiger partial charge is 0.394 e. The zero-order valence-corrected chi connectivity index (χ0v) is 46.1. The van der Waals surface area contributed by atoms with E-state index in [-0.39, 0.29) is 18.9 Å². The number of aliphatic hydroxyl groups is 8. The van der Waals surface area contributed by atoms with Crippen molar-refractivity contribution in [2.45, 2.75) is 209 Å². The molecule has 2 heterocycles. The number of allylic oxidation sites excluding steroid dienone is 25. The number of nitrogens with one attached hydrogen (secondary N) is 1. The summed E-state index contributed by atoms with van der Waals surface area (Å²) in [4.78, 5) is 13.0. The molecule has 2 aliphatic rings. The summed E-state index contributed by atoms with van der Waals surface area (Å²) in [5, 5.41) is 86.1. The average Bonchev–Trinajstić information content (AvgIpc) is 3.43. The maximum absolute atomic E-state index is 13.0. The van der Waals surface area contributed by atoms with Gasteiger partial charge in [0.05, 0.1) is 32.0 Å². The van der Waals surface area contributed by atoms with Crippen LogP contribution in [0.3, 0.4) is 0 Å². The van der Waals surface area contributed by atoms with E-state index in [4.69, 9.17) is 18.9 Å². The Morgan fingerprint density at radius 3 is 1.31 bits per heavy atom. The van der Waals surface area contributed by atoms with E-state index in [2.05, 4.69) is 158 Å². The number of rotatable bonds is 41. The summed E-state index contributed by atoms with van der Waals surface area (Å²) in [5.41, 5.74) is 0. The number of hydrogen-bond donors (Lipinski definition) is 9. The lowest BCUT2D eigenvalue weighted by Gasteiger charge is -2.46. The van der Waals surface area contributed by atoms with Gasteiger partial charge in [0.1, 0.15) is 48.8 Å². The van der Waals surface area contributed by atoms with Crippen LogP contribution < -0.4 is 5.32 Å².